The van der Waals surface area contributed by atoms with Gasteiger partial charge in [0.2, 0.25) is 0 Å². The molecule has 18 heavy (non-hydrogen) atoms. The Kier molecular flexibility index (Phi) is 10.2. The van der Waals surface area contributed by atoms with Gasteiger partial charge in [0, 0.05) is 0 Å². The number of carbonyl (C=O) groups is 2. The van der Waals surface area contributed by atoms with Crippen molar-refractivity contribution in [1.82, 2.24) is 0 Å². The van der Waals surface area contributed by atoms with Crippen LogP contribution in [0.25, 0.3) is 0 Å². The quantitative estimate of drug-likeness (QED) is 0.209. The van der Waals surface area contributed by atoms with Crippen LogP contribution in [0.2, 0.25) is 0 Å². The third kappa shape index (κ3) is 9.58. The number of thiol groups is 2. The highest BCUT2D eigenvalue weighted by Gasteiger charge is 2.11. The molecule has 0 aromatic heterocycles. The second-order valence-corrected chi connectivity index (χ2v) is 4.47. The van der Waals surface area contributed by atoms with Crippen LogP contribution in [-0.2, 0) is 19.1 Å². The Morgan fingerprint density at radius 3 is 1.44 bits per heavy atom. The number of esters is 2. The predicted octanol–water partition coefficient (Wildman–Crippen LogP) is 0.130. The van der Waals surface area contributed by atoms with E-state index in [1.54, 1.807) is 0 Å². The third-order valence-electron chi connectivity index (χ3n) is 1.95. The number of aliphatic hydroxyl groups excluding tert-OH is 2. The van der Waals surface area contributed by atoms with Gasteiger partial charge in [-0.25, -0.2) is 9.59 Å². The SMILES string of the molecule is O=C(OCCCCCCOC(=O)C(O)S)C(O)S. The van der Waals surface area contributed by atoms with Crippen molar-refractivity contribution < 1.29 is 29.3 Å². The summed E-state index contributed by atoms with van der Waals surface area (Å²) in [6, 6.07) is 0. The van der Waals surface area contributed by atoms with E-state index in [-0.39, 0.29) is 13.2 Å². The van der Waals surface area contributed by atoms with Crippen molar-refractivity contribution in [3.05, 3.63) is 0 Å². The van der Waals surface area contributed by atoms with Gasteiger partial charge in [-0.2, -0.15) is 0 Å². The molecular formula is C10H18O6S2. The summed E-state index contributed by atoms with van der Waals surface area (Å²) < 4.78 is 9.37. The standard InChI is InChI=1S/C10H18O6S2/c11-7(9(13)17)15-5-3-1-2-4-6-16-8(12)10(14)18/h9-10,13-14,17-18H,1-6H2. The van der Waals surface area contributed by atoms with Crippen molar-refractivity contribution in [1.29, 1.82) is 0 Å². The summed E-state index contributed by atoms with van der Waals surface area (Å²) >= 11 is 7.01. The van der Waals surface area contributed by atoms with Crippen LogP contribution in [0.4, 0.5) is 0 Å². The van der Waals surface area contributed by atoms with Crippen molar-refractivity contribution in [2.24, 2.45) is 0 Å². The number of carbonyl (C=O) groups excluding carboxylic acids is 2. The first-order chi connectivity index (χ1) is 8.45. The Labute approximate surface area is 116 Å². The lowest BCUT2D eigenvalue weighted by Gasteiger charge is -2.07. The van der Waals surface area contributed by atoms with Gasteiger partial charge in [0.05, 0.1) is 13.2 Å². The van der Waals surface area contributed by atoms with Gasteiger partial charge in [0.25, 0.3) is 0 Å². The molecule has 0 spiro atoms. The zero-order chi connectivity index (χ0) is 14.0. The molecule has 0 aliphatic carbocycles. The average molecular weight is 298 g/mol. The number of unbranched alkanes of at least 4 members (excludes halogenated alkanes) is 3. The van der Waals surface area contributed by atoms with Gasteiger partial charge in [-0.3, -0.25) is 0 Å². The molecule has 0 aliphatic heterocycles. The number of aliphatic hydroxyl groups is 2. The maximum Gasteiger partial charge on any atom is 0.345 e. The summed E-state index contributed by atoms with van der Waals surface area (Å²) in [6.07, 6.45) is 2.93. The predicted molar refractivity (Wildman–Crippen MR) is 70.4 cm³/mol. The van der Waals surface area contributed by atoms with Crippen LogP contribution in [0.15, 0.2) is 0 Å². The monoisotopic (exact) mass is 298 g/mol. The van der Waals surface area contributed by atoms with Crippen LogP contribution in [0.5, 0.6) is 0 Å². The lowest BCUT2D eigenvalue weighted by Crippen LogP contribution is -2.18. The van der Waals surface area contributed by atoms with E-state index in [4.69, 9.17) is 10.2 Å². The summed E-state index contributed by atoms with van der Waals surface area (Å²) in [7, 11) is 0. The zero-order valence-electron chi connectivity index (χ0n) is 9.82. The van der Waals surface area contributed by atoms with E-state index < -0.39 is 22.8 Å². The molecule has 0 amide bonds. The van der Waals surface area contributed by atoms with Gasteiger partial charge in [-0.1, -0.05) is 0 Å². The Hall–Kier alpha value is -0.440. The molecule has 0 heterocycles. The molecule has 2 N–H and O–H groups in total. The Morgan fingerprint density at radius 1 is 0.833 bits per heavy atom. The summed E-state index contributed by atoms with van der Waals surface area (Å²) in [6.45, 7) is 0.456. The first-order valence-electron chi connectivity index (χ1n) is 5.50. The highest BCUT2D eigenvalue weighted by Crippen LogP contribution is 2.03. The van der Waals surface area contributed by atoms with Crippen molar-refractivity contribution in [3.63, 3.8) is 0 Å². The number of rotatable bonds is 9. The molecule has 2 unspecified atom stereocenters. The minimum atomic E-state index is -1.39. The van der Waals surface area contributed by atoms with Crippen LogP contribution >= 0.6 is 25.3 Å². The number of ether oxygens (including phenoxy) is 2. The molecule has 0 radical (unpaired) electrons. The maximum atomic E-state index is 10.8. The fraction of sp³-hybridized carbons (Fsp3) is 0.800. The lowest BCUT2D eigenvalue weighted by molar-refractivity contribution is -0.149. The van der Waals surface area contributed by atoms with E-state index in [1.807, 2.05) is 0 Å². The first kappa shape index (κ1) is 17.6. The van der Waals surface area contributed by atoms with E-state index in [0.29, 0.717) is 12.8 Å². The molecule has 106 valence electrons. The number of hydrogen-bond donors (Lipinski definition) is 4. The zero-order valence-corrected chi connectivity index (χ0v) is 11.6. The molecule has 8 heteroatoms. The van der Waals surface area contributed by atoms with Crippen molar-refractivity contribution in [2.45, 2.75) is 36.6 Å². The van der Waals surface area contributed by atoms with Crippen LogP contribution in [0.3, 0.4) is 0 Å². The molecule has 0 bridgehead atoms. The Balaban J connectivity index is 3.27. The molecule has 0 aliphatic rings. The highest BCUT2D eigenvalue weighted by atomic mass is 32.1. The molecule has 0 rings (SSSR count). The van der Waals surface area contributed by atoms with Crippen LogP contribution in [-0.4, -0.2) is 46.2 Å². The van der Waals surface area contributed by atoms with Gasteiger partial charge in [0.1, 0.15) is 0 Å². The second-order valence-electron chi connectivity index (χ2n) is 3.50. The lowest BCUT2D eigenvalue weighted by atomic mass is 10.2. The summed E-state index contributed by atoms with van der Waals surface area (Å²) in [5, 5.41) is 17.4. The van der Waals surface area contributed by atoms with E-state index in [2.05, 4.69) is 34.7 Å². The Morgan fingerprint density at radius 2 is 1.17 bits per heavy atom. The minimum Gasteiger partial charge on any atom is -0.463 e. The third-order valence-corrected chi connectivity index (χ3v) is 2.37. The van der Waals surface area contributed by atoms with Gasteiger partial charge in [-0.05, 0) is 25.7 Å². The fourth-order valence-corrected chi connectivity index (χ4v) is 1.20. The van der Waals surface area contributed by atoms with Gasteiger partial charge in [-0.15, -0.1) is 25.3 Å². The Bertz CT molecular complexity index is 231. The van der Waals surface area contributed by atoms with E-state index in [9.17, 15) is 9.59 Å². The van der Waals surface area contributed by atoms with E-state index in [1.165, 1.54) is 0 Å². The molecule has 0 aromatic carbocycles. The summed E-state index contributed by atoms with van der Waals surface area (Å²) in [4.78, 5) is 21.6. The average Bonchev–Trinajstić information content (AvgIpc) is 2.31. The molecular weight excluding hydrogens is 280 g/mol. The molecule has 6 nitrogen and oxygen atoms in total. The first-order valence-corrected chi connectivity index (χ1v) is 6.54. The highest BCUT2D eigenvalue weighted by molar-refractivity contribution is 7.81. The van der Waals surface area contributed by atoms with Crippen molar-refractivity contribution in [2.75, 3.05) is 13.2 Å². The molecule has 0 saturated heterocycles. The summed E-state index contributed by atoms with van der Waals surface area (Å²) in [5.41, 5.74) is -2.78. The molecule has 2 atom stereocenters. The van der Waals surface area contributed by atoms with Crippen LogP contribution in [0.1, 0.15) is 25.7 Å². The van der Waals surface area contributed by atoms with Gasteiger partial charge >= 0.3 is 11.9 Å². The largest absolute Gasteiger partial charge is 0.463 e. The maximum absolute atomic E-state index is 10.8. The van der Waals surface area contributed by atoms with E-state index >= 15 is 0 Å². The minimum absolute atomic E-state index is 0.228. The smallest absolute Gasteiger partial charge is 0.345 e. The topological polar surface area (TPSA) is 93.1 Å². The van der Waals surface area contributed by atoms with Crippen LogP contribution in [0, 0.1) is 0 Å². The van der Waals surface area contributed by atoms with Gasteiger partial charge < -0.3 is 19.7 Å². The van der Waals surface area contributed by atoms with Crippen LogP contribution < -0.4 is 0 Å². The van der Waals surface area contributed by atoms with E-state index in [0.717, 1.165) is 12.8 Å². The normalized spacial score (nSPS) is 13.8. The van der Waals surface area contributed by atoms with Crippen molar-refractivity contribution in [3.8, 4) is 0 Å². The van der Waals surface area contributed by atoms with Gasteiger partial charge in [0.15, 0.2) is 10.9 Å². The van der Waals surface area contributed by atoms with Crippen molar-refractivity contribution >= 4 is 37.2 Å². The molecule has 0 fully saturated rings. The molecule has 0 aromatic rings. The summed E-state index contributed by atoms with van der Waals surface area (Å²) in [5.74, 6) is -1.51. The second kappa shape index (κ2) is 10.5. The fourth-order valence-electron chi connectivity index (χ4n) is 1.05. The number of hydrogen-bond acceptors (Lipinski definition) is 8. The molecule has 0 saturated carbocycles.